The van der Waals surface area contributed by atoms with Gasteiger partial charge in [0.05, 0.1) is 4.92 Å². The van der Waals surface area contributed by atoms with E-state index in [0.717, 1.165) is 11.1 Å². The average Bonchev–Trinajstić information content (AvgIpc) is 2.38. The molecule has 0 aliphatic heterocycles. The molecule has 0 N–H and O–H groups in total. The van der Waals surface area contributed by atoms with Crippen LogP contribution in [0.2, 0.25) is 5.02 Å². The number of halogens is 1. The van der Waals surface area contributed by atoms with Crippen LogP contribution < -0.4 is 0 Å². The second-order valence-corrected chi connectivity index (χ2v) is 3.99. The molecule has 2 rings (SSSR count). The lowest BCUT2D eigenvalue weighted by molar-refractivity contribution is -0.384. The molecular formula is C13H9ClN2O2. The molecule has 1 aromatic heterocycles. The van der Waals surface area contributed by atoms with Gasteiger partial charge in [0.1, 0.15) is 5.02 Å². The molecular weight excluding hydrogens is 252 g/mol. The molecule has 90 valence electrons. The monoisotopic (exact) mass is 260 g/mol. The number of nitro groups is 1. The van der Waals surface area contributed by atoms with E-state index in [1.807, 2.05) is 18.2 Å². The number of hydrogen-bond donors (Lipinski definition) is 0. The Bertz CT molecular complexity index is 597. The van der Waals surface area contributed by atoms with Gasteiger partial charge in [-0.2, -0.15) is 0 Å². The molecule has 0 amide bonds. The molecule has 0 fully saturated rings. The molecule has 0 bridgehead atoms. The van der Waals surface area contributed by atoms with E-state index in [0.29, 0.717) is 0 Å². The van der Waals surface area contributed by atoms with E-state index in [9.17, 15) is 10.1 Å². The Morgan fingerprint density at radius 2 is 2.00 bits per heavy atom. The Balaban J connectivity index is 2.28. The maximum atomic E-state index is 10.7. The zero-order chi connectivity index (χ0) is 13.0. The van der Waals surface area contributed by atoms with E-state index >= 15 is 0 Å². The zero-order valence-electron chi connectivity index (χ0n) is 9.29. The number of hydrogen-bond acceptors (Lipinski definition) is 3. The molecule has 0 aliphatic rings. The summed E-state index contributed by atoms with van der Waals surface area (Å²) in [6, 6.07) is 8.40. The Hall–Kier alpha value is -2.20. The second-order valence-electron chi connectivity index (χ2n) is 3.59. The van der Waals surface area contributed by atoms with Crippen molar-refractivity contribution in [2.75, 3.05) is 0 Å². The van der Waals surface area contributed by atoms with Crippen LogP contribution in [0.4, 0.5) is 5.69 Å². The lowest BCUT2D eigenvalue weighted by Gasteiger charge is -1.97. The highest BCUT2D eigenvalue weighted by Gasteiger charge is 2.11. The summed E-state index contributed by atoms with van der Waals surface area (Å²) < 4.78 is 0. The van der Waals surface area contributed by atoms with E-state index in [4.69, 9.17) is 11.6 Å². The van der Waals surface area contributed by atoms with E-state index < -0.39 is 4.92 Å². The third-order valence-corrected chi connectivity index (χ3v) is 2.64. The van der Waals surface area contributed by atoms with Crippen molar-refractivity contribution in [1.82, 2.24) is 4.98 Å². The smallest absolute Gasteiger partial charge is 0.264 e. The summed E-state index contributed by atoms with van der Waals surface area (Å²) in [4.78, 5) is 14.2. The number of aromatic nitrogens is 1. The van der Waals surface area contributed by atoms with Gasteiger partial charge in [-0.3, -0.25) is 15.1 Å². The van der Waals surface area contributed by atoms with Crippen molar-refractivity contribution >= 4 is 29.4 Å². The van der Waals surface area contributed by atoms with E-state index in [-0.39, 0.29) is 10.7 Å². The zero-order valence-corrected chi connectivity index (χ0v) is 10.0. The molecule has 2 aromatic rings. The highest BCUT2D eigenvalue weighted by Crippen LogP contribution is 2.25. The minimum Gasteiger partial charge on any atom is -0.264 e. The van der Waals surface area contributed by atoms with Gasteiger partial charge in [0.2, 0.25) is 0 Å². The molecule has 0 spiro atoms. The van der Waals surface area contributed by atoms with Gasteiger partial charge in [-0.25, -0.2) is 0 Å². The maximum absolute atomic E-state index is 10.7. The number of nitro benzene ring substituents is 1. The van der Waals surface area contributed by atoms with Gasteiger partial charge in [0, 0.05) is 18.5 Å². The summed E-state index contributed by atoms with van der Waals surface area (Å²) >= 11 is 5.73. The van der Waals surface area contributed by atoms with Crippen LogP contribution in [0.3, 0.4) is 0 Å². The molecule has 18 heavy (non-hydrogen) atoms. The quantitative estimate of drug-likeness (QED) is 0.623. The molecule has 0 unspecified atom stereocenters. The van der Waals surface area contributed by atoms with Crippen LogP contribution in [0.15, 0.2) is 42.7 Å². The number of pyridine rings is 1. The summed E-state index contributed by atoms with van der Waals surface area (Å²) in [5, 5.41) is 10.9. The summed E-state index contributed by atoms with van der Waals surface area (Å²) in [6.07, 6.45) is 7.01. The van der Waals surface area contributed by atoms with Crippen molar-refractivity contribution in [1.29, 1.82) is 0 Å². The summed E-state index contributed by atoms with van der Waals surface area (Å²) in [6.45, 7) is 0. The van der Waals surface area contributed by atoms with Crippen molar-refractivity contribution in [2.45, 2.75) is 0 Å². The van der Waals surface area contributed by atoms with Crippen molar-refractivity contribution in [3.8, 4) is 0 Å². The number of rotatable bonds is 3. The first-order valence-electron chi connectivity index (χ1n) is 5.19. The highest BCUT2D eigenvalue weighted by molar-refractivity contribution is 6.32. The molecule has 0 atom stereocenters. The molecule has 1 aromatic carbocycles. The third-order valence-electron chi connectivity index (χ3n) is 2.32. The van der Waals surface area contributed by atoms with Crippen molar-refractivity contribution in [3.63, 3.8) is 0 Å². The molecule has 0 saturated carbocycles. The van der Waals surface area contributed by atoms with Gasteiger partial charge in [-0.1, -0.05) is 35.9 Å². The van der Waals surface area contributed by atoms with Gasteiger partial charge in [0.25, 0.3) is 5.69 Å². The van der Waals surface area contributed by atoms with Crippen molar-refractivity contribution in [2.24, 2.45) is 0 Å². The molecule has 0 aliphatic carbocycles. The SMILES string of the molecule is O=[N+]([O-])c1cc(/C=C/c2cccnc2)ccc1Cl. The van der Waals surface area contributed by atoms with Gasteiger partial charge in [0.15, 0.2) is 0 Å². The minimum absolute atomic E-state index is 0.0926. The predicted octanol–water partition coefficient (Wildman–Crippen LogP) is 3.81. The summed E-state index contributed by atoms with van der Waals surface area (Å²) in [5.74, 6) is 0. The number of nitrogens with zero attached hydrogens (tertiary/aromatic N) is 2. The van der Waals surface area contributed by atoms with E-state index in [1.165, 1.54) is 12.1 Å². The predicted molar refractivity (Wildman–Crippen MR) is 71.3 cm³/mol. The fraction of sp³-hybridized carbons (Fsp3) is 0. The molecule has 4 nitrogen and oxygen atoms in total. The molecule has 1 heterocycles. The van der Waals surface area contributed by atoms with Crippen molar-refractivity contribution < 1.29 is 4.92 Å². The fourth-order valence-corrected chi connectivity index (χ4v) is 1.63. The van der Waals surface area contributed by atoms with Gasteiger partial charge in [-0.05, 0) is 23.3 Å². The topological polar surface area (TPSA) is 56.0 Å². The Morgan fingerprint density at radius 3 is 2.67 bits per heavy atom. The average molecular weight is 261 g/mol. The van der Waals surface area contributed by atoms with E-state index in [2.05, 4.69) is 4.98 Å². The Morgan fingerprint density at radius 1 is 1.22 bits per heavy atom. The second kappa shape index (κ2) is 5.42. The minimum atomic E-state index is -0.496. The van der Waals surface area contributed by atoms with Crippen LogP contribution >= 0.6 is 11.6 Å². The first kappa shape index (κ1) is 12.3. The van der Waals surface area contributed by atoms with Gasteiger partial charge in [-0.15, -0.1) is 0 Å². The highest BCUT2D eigenvalue weighted by atomic mass is 35.5. The van der Waals surface area contributed by atoms with Crippen LogP contribution in [0, 0.1) is 10.1 Å². The molecule has 5 heteroatoms. The molecule has 0 radical (unpaired) electrons. The van der Waals surface area contributed by atoms with Crippen LogP contribution in [0.1, 0.15) is 11.1 Å². The lowest BCUT2D eigenvalue weighted by Crippen LogP contribution is -1.89. The first-order chi connectivity index (χ1) is 8.66. The van der Waals surface area contributed by atoms with E-state index in [1.54, 1.807) is 24.5 Å². The maximum Gasteiger partial charge on any atom is 0.288 e. The fourth-order valence-electron chi connectivity index (χ4n) is 1.44. The van der Waals surface area contributed by atoms with Crippen LogP contribution in [-0.2, 0) is 0 Å². The largest absolute Gasteiger partial charge is 0.288 e. The van der Waals surface area contributed by atoms with Crippen molar-refractivity contribution in [3.05, 3.63) is 69.0 Å². The number of benzene rings is 1. The van der Waals surface area contributed by atoms with Crippen LogP contribution in [-0.4, -0.2) is 9.91 Å². The van der Waals surface area contributed by atoms with Gasteiger partial charge >= 0.3 is 0 Å². The first-order valence-corrected chi connectivity index (χ1v) is 5.56. The summed E-state index contributed by atoms with van der Waals surface area (Å²) in [5.41, 5.74) is 1.55. The van der Waals surface area contributed by atoms with Gasteiger partial charge < -0.3 is 0 Å². The third kappa shape index (κ3) is 2.93. The normalized spacial score (nSPS) is 10.7. The standard InChI is InChI=1S/C13H9ClN2O2/c14-12-6-5-10(8-13(12)16(17)18)3-4-11-2-1-7-15-9-11/h1-9H/b4-3+. The molecule has 0 saturated heterocycles. The summed E-state index contributed by atoms with van der Waals surface area (Å²) in [7, 11) is 0. The Kier molecular flexibility index (Phi) is 3.69. The lowest BCUT2D eigenvalue weighted by atomic mass is 10.1. The van der Waals surface area contributed by atoms with Crippen LogP contribution in [0.5, 0.6) is 0 Å². The Labute approximate surface area is 109 Å². The van der Waals surface area contributed by atoms with Crippen LogP contribution in [0.25, 0.3) is 12.2 Å².